The van der Waals surface area contributed by atoms with Gasteiger partial charge in [0.1, 0.15) is 0 Å². The van der Waals surface area contributed by atoms with Gasteiger partial charge in [0.15, 0.2) is 0 Å². The molecule has 0 fully saturated rings. The van der Waals surface area contributed by atoms with E-state index < -0.39 is 13.4 Å². The number of hydrogen-bond acceptors (Lipinski definition) is 2. The average Bonchev–Trinajstić information content (AvgIpc) is 0.722. The van der Waals surface area contributed by atoms with Gasteiger partial charge in [-0.2, -0.15) is 0 Å². The van der Waals surface area contributed by atoms with Crippen LogP contribution >= 0.6 is 0 Å². The summed E-state index contributed by atoms with van der Waals surface area (Å²) in [4.78, 5) is 0. The molecule has 0 atom stereocenters. The first-order valence-electron chi connectivity index (χ1n) is 0.647. The molecule has 0 amide bonds. The van der Waals surface area contributed by atoms with Gasteiger partial charge in [-0.05, 0) is 0 Å². The van der Waals surface area contributed by atoms with Gasteiger partial charge in [-0.1, -0.05) is 0 Å². The molecule has 2 N–H and O–H groups in total. The molecule has 7 heavy (non-hydrogen) atoms. The van der Waals surface area contributed by atoms with E-state index in [9.17, 15) is 0 Å². The summed E-state index contributed by atoms with van der Waals surface area (Å²) in [5.74, 6) is 0. The van der Waals surface area contributed by atoms with Gasteiger partial charge in [0, 0.05) is 26.2 Å². The van der Waals surface area contributed by atoms with Crippen molar-refractivity contribution in [1.29, 1.82) is 0 Å². The van der Waals surface area contributed by atoms with Crippen LogP contribution in [0.4, 0.5) is 0 Å². The van der Waals surface area contributed by atoms with Gasteiger partial charge >= 0.3 is 48.3 Å². The van der Waals surface area contributed by atoms with E-state index in [0.717, 1.165) is 0 Å². The van der Waals surface area contributed by atoms with Crippen molar-refractivity contribution >= 4 is 0 Å². The minimum atomic E-state index is -5.12. The minimum Gasteiger partial charge on any atom is 0 e. The van der Waals surface area contributed by atoms with E-state index in [1.54, 1.807) is 0 Å². The SMILES string of the molecule is [H-].[Li+].[O]=[Mn](=[O])([OH])[OH].[Zr]. The zero-order valence-corrected chi connectivity index (χ0v) is 7.23. The van der Waals surface area contributed by atoms with Gasteiger partial charge < -0.3 is 1.43 Å². The quantitative estimate of drug-likeness (QED) is 0.405. The summed E-state index contributed by atoms with van der Waals surface area (Å²) >= 11 is -5.12. The molecule has 7 heteroatoms. The standard InChI is InChI=1S/Li.Mn.2H2O.2O.Zr.H/h;;2*1H2;;;;/q+1;+2;;;;;;-1/p-2. The van der Waals surface area contributed by atoms with Crippen LogP contribution in [0.1, 0.15) is 1.43 Å². The Kier molecular flexibility index (Phi) is 12.8. The first-order valence-corrected chi connectivity index (χ1v) is 2.67. The Morgan fingerprint density at radius 3 is 1.29 bits per heavy atom. The summed E-state index contributed by atoms with van der Waals surface area (Å²) in [6.45, 7) is 0. The number of rotatable bonds is 0. The molecule has 0 spiro atoms. The number of hydrogen-bond donors (Lipinski definition) is 2. The third-order valence-corrected chi connectivity index (χ3v) is 0. The van der Waals surface area contributed by atoms with Gasteiger partial charge in [-0.25, -0.2) is 0 Å². The topological polar surface area (TPSA) is 74.6 Å². The van der Waals surface area contributed by atoms with Crippen LogP contribution in [0, 0.1) is 0 Å². The molecule has 0 saturated heterocycles. The van der Waals surface area contributed by atoms with Crippen LogP contribution in [-0.2, 0) is 47.2 Å². The smallest absolute Gasteiger partial charge is 0 e. The predicted molar refractivity (Wildman–Crippen MR) is 6.92 cm³/mol. The molecule has 0 bridgehead atoms. The Hall–Kier alpha value is 1.52. The van der Waals surface area contributed by atoms with Gasteiger partial charge in [-0.3, -0.25) is 0 Å². The van der Waals surface area contributed by atoms with Gasteiger partial charge in [0.25, 0.3) is 0 Å². The van der Waals surface area contributed by atoms with E-state index in [0.29, 0.717) is 0 Å². The van der Waals surface area contributed by atoms with Crippen LogP contribution in [-0.4, -0.2) is 8.38 Å². The maximum atomic E-state index is 8.80. The molecule has 0 rings (SSSR count). The maximum absolute atomic E-state index is 8.80. The van der Waals surface area contributed by atoms with Crippen molar-refractivity contribution in [3.05, 3.63) is 0 Å². The summed E-state index contributed by atoms with van der Waals surface area (Å²) in [7, 11) is 0. The van der Waals surface area contributed by atoms with Crippen LogP contribution in [0.25, 0.3) is 0 Å². The van der Waals surface area contributed by atoms with E-state index in [2.05, 4.69) is 0 Å². The summed E-state index contributed by atoms with van der Waals surface area (Å²) in [5, 5.41) is 0. The van der Waals surface area contributed by atoms with E-state index >= 15 is 0 Å². The monoisotopic (exact) mass is 219 g/mol. The second-order valence-electron chi connectivity index (χ2n) is 0.415. The maximum Gasteiger partial charge on any atom is 0 e. The molecule has 0 aliphatic heterocycles. The molecule has 39 valence electrons. The van der Waals surface area contributed by atoms with Gasteiger partial charge in [0.05, 0.1) is 0 Å². The predicted octanol–water partition coefficient (Wildman–Crippen LogP) is -4.24. The van der Waals surface area contributed by atoms with Crippen molar-refractivity contribution in [2.24, 2.45) is 0 Å². The van der Waals surface area contributed by atoms with Crippen LogP contribution in [0.15, 0.2) is 0 Å². The fraction of sp³-hybridized carbons (Fsp3) is 0. The van der Waals surface area contributed by atoms with Crippen LogP contribution < -0.4 is 18.9 Å². The fourth-order valence-corrected chi connectivity index (χ4v) is 0. The van der Waals surface area contributed by atoms with Gasteiger partial charge in [-0.15, -0.1) is 0 Å². The molecule has 0 aromatic heterocycles. The molecule has 0 aromatic rings. The Labute approximate surface area is 75.4 Å². The first kappa shape index (κ1) is 15.8. The molecular weight excluding hydrogens is 217 g/mol. The van der Waals surface area contributed by atoms with Crippen molar-refractivity contribution in [2.45, 2.75) is 0 Å². The molecule has 0 radical (unpaired) electrons. The summed E-state index contributed by atoms with van der Waals surface area (Å²) < 4.78 is 31.8. The van der Waals surface area contributed by atoms with Crippen molar-refractivity contribution < 1.29 is 75.9 Å². The summed E-state index contributed by atoms with van der Waals surface area (Å²) in [6.07, 6.45) is 0. The van der Waals surface area contributed by atoms with Gasteiger partial charge in [0.2, 0.25) is 0 Å². The normalized spacial score (nSPS) is 8.29. The van der Waals surface area contributed by atoms with Crippen molar-refractivity contribution in [3.8, 4) is 0 Å². The largest absolute Gasteiger partial charge is 0 e. The van der Waals surface area contributed by atoms with E-state index in [1.807, 2.05) is 0 Å². The van der Waals surface area contributed by atoms with Crippen molar-refractivity contribution in [3.63, 3.8) is 0 Å². The first-order chi connectivity index (χ1) is 2.00. The molecule has 0 saturated carbocycles. The van der Waals surface area contributed by atoms with E-state index in [1.165, 1.54) is 0 Å². The molecular formula is H3LiMnO4Zr. The third-order valence-electron chi connectivity index (χ3n) is 0. The second-order valence-corrected chi connectivity index (χ2v) is 1.71. The zero-order valence-electron chi connectivity index (χ0n) is 4.59. The Bertz CT molecular complexity index is 99.2. The summed E-state index contributed by atoms with van der Waals surface area (Å²) in [6, 6.07) is 0. The third kappa shape index (κ3) is 99.2. The zero-order chi connectivity index (χ0) is 4.50. The fourth-order valence-electron chi connectivity index (χ4n) is 0. The molecule has 4 nitrogen and oxygen atoms in total. The van der Waals surface area contributed by atoms with Crippen LogP contribution in [0.3, 0.4) is 0 Å². The van der Waals surface area contributed by atoms with Crippen molar-refractivity contribution in [1.82, 2.24) is 0 Å². The van der Waals surface area contributed by atoms with E-state index in [4.69, 9.17) is 16.0 Å². The average molecular weight is 220 g/mol. The van der Waals surface area contributed by atoms with Crippen LogP contribution in [0.2, 0.25) is 0 Å². The Morgan fingerprint density at radius 1 is 1.29 bits per heavy atom. The molecule has 0 heterocycles. The van der Waals surface area contributed by atoms with E-state index in [-0.39, 0.29) is 46.5 Å². The molecule has 0 unspecified atom stereocenters. The second kappa shape index (κ2) is 5.65. The molecule has 0 aromatic carbocycles. The molecule has 0 aliphatic rings. The van der Waals surface area contributed by atoms with Crippen molar-refractivity contribution in [2.75, 3.05) is 0 Å². The van der Waals surface area contributed by atoms with Crippen LogP contribution in [0.5, 0.6) is 0 Å². The summed E-state index contributed by atoms with van der Waals surface area (Å²) in [5.41, 5.74) is 0. The minimum absolute atomic E-state index is 0. The Morgan fingerprint density at radius 2 is 1.29 bits per heavy atom. The molecule has 0 aliphatic carbocycles. The Balaban J connectivity index is -0.0000000267.